The molecule has 1 amide bonds. The SMILES string of the molecule is COCCN(CCC(=O)N1CCCC1)c1nc(-c2ccco2)nc2ccccc12. The zero-order valence-corrected chi connectivity index (χ0v) is 16.7. The lowest BCUT2D eigenvalue weighted by atomic mass is 10.2. The van der Waals surface area contributed by atoms with E-state index in [9.17, 15) is 4.79 Å². The maximum Gasteiger partial charge on any atom is 0.224 e. The topological polar surface area (TPSA) is 71.7 Å². The molecule has 7 heteroatoms. The Balaban J connectivity index is 1.65. The Bertz CT molecular complexity index is 952. The number of methoxy groups -OCH3 is 1. The number of amides is 1. The van der Waals surface area contributed by atoms with Crippen molar-refractivity contribution in [2.75, 3.05) is 44.8 Å². The molecule has 1 fully saturated rings. The third-order valence-electron chi connectivity index (χ3n) is 5.24. The van der Waals surface area contributed by atoms with Crippen LogP contribution < -0.4 is 4.90 Å². The lowest BCUT2D eigenvalue weighted by molar-refractivity contribution is -0.129. The van der Waals surface area contributed by atoms with E-state index in [1.54, 1.807) is 13.4 Å². The van der Waals surface area contributed by atoms with Crippen molar-refractivity contribution in [3.8, 4) is 11.6 Å². The fourth-order valence-electron chi connectivity index (χ4n) is 3.70. The van der Waals surface area contributed by atoms with Crippen LogP contribution in [0, 0.1) is 0 Å². The summed E-state index contributed by atoms with van der Waals surface area (Å²) in [4.78, 5) is 26.1. The summed E-state index contributed by atoms with van der Waals surface area (Å²) in [6, 6.07) is 11.6. The third-order valence-corrected chi connectivity index (χ3v) is 5.24. The number of para-hydroxylation sites is 1. The number of hydrogen-bond acceptors (Lipinski definition) is 6. The minimum Gasteiger partial charge on any atom is -0.461 e. The quantitative estimate of drug-likeness (QED) is 0.583. The van der Waals surface area contributed by atoms with Crippen LogP contribution in [0.5, 0.6) is 0 Å². The number of hydrogen-bond donors (Lipinski definition) is 0. The van der Waals surface area contributed by atoms with Crippen molar-refractivity contribution >= 4 is 22.6 Å². The van der Waals surface area contributed by atoms with Gasteiger partial charge in [-0.15, -0.1) is 0 Å². The molecule has 4 rings (SSSR count). The molecule has 0 atom stereocenters. The first-order chi connectivity index (χ1) is 14.3. The van der Waals surface area contributed by atoms with Gasteiger partial charge in [0.05, 0.1) is 18.4 Å². The van der Waals surface area contributed by atoms with Crippen molar-refractivity contribution in [1.82, 2.24) is 14.9 Å². The highest BCUT2D eigenvalue weighted by molar-refractivity contribution is 5.91. The molecule has 0 N–H and O–H groups in total. The van der Waals surface area contributed by atoms with Crippen LogP contribution in [0.15, 0.2) is 47.1 Å². The average Bonchev–Trinajstić information content (AvgIpc) is 3.47. The van der Waals surface area contributed by atoms with Crippen LogP contribution in [0.3, 0.4) is 0 Å². The highest BCUT2D eigenvalue weighted by atomic mass is 16.5. The van der Waals surface area contributed by atoms with Gasteiger partial charge in [0.15, 0.2) is 11.6 Å². The van der Waals surface area contributed by atoms with E-state index in [4.69, 9.17) is 14.1 Å². The van der Waals surface area contributed by atoms with Gasteiger partial charge in [-0.25, -0.2) is 9.97 Å². The number of benzene rings is 1. The number of aromatic nitrogens is 2. The standard InChI is InChI=1S/C22H26N4O3/c1-28-16-14-26(13-10-20(27)25-11-4-5-12-25)22-17-7-2-3-8-18(17)23-21(24-22)19-9-6-15-29-19/h2-3,6-9,15H,4-5,10-14,16H2,1H3. The molecule has 0 bridgehead atoms. The van der Waals surface area contributed by atoms with E-state index >= 15 is 0 Å². The van der Waals surface area contributed by atoms with Crippen molar-refractivity contribution in [3.05, 3.63) is 42.7 Å². The summed E-state index contributed by atoms with van der Waals surface area (Å²) in [5.74, 6) is 2.16. The molecule has 3 aromatic rings. The summed E-state index contributed by atoms with van der Waals surface area (Å²) < 4.78 is 10.8. The van der Waals surface area contributed by atoms with Gasteiger partial charge in [0.1, 0.15) is 5.82 Å². The molecular weight excluding hydrogens is 368 g/mol. The van der Waals surface area contributed by atoms with E-state index in [1.165, 1.54) is 0 Å². The van der Waals surface area contributed by atoms with Crippen molar-refractivity contribution in [2.45, 2.75) is 19.3 Å². The maximum atomic E-state index is 12.6. The number of furan rings is 1. The van der Waals surface area contributed by atoms with E-state index < -0.39 is 0 Å². The second kappa shape index (κ2) is 9.05. The van der Waals surface area contributed by atoms with E-state index in [-0.39, 0.29) is 5.91 Å². The van der Waals surface area contributed by atoms with Crippen LogP contribution >= 0.6 is 0 Å². The highest BCUT2D eigenvalue weighted by Crippen LogP contribution is 2.28. The normalized spacial score (nSPS) is 13.9. The molecule has 2 aromatic heterocycles. The molecule has 0 aliphatic carbocycles. The van der Waals surface area contributed by atoms with Crippen LogP contribution in [-0.2, 0) is 9.53 Å². The number of rotatable bonds is 8. The van der Waals surface area contributed by atoms with Crippen LogP contribution in [0.25, 0.3) is 22.5 Å². The maximum absolute atomic E-state index is 12.6. The van der Waals surface area contributed by atoms with Crippen molar-refractivity contribution in [2.24, 2.45) is 0 Å². The molecule has 0 unspecified atom stereocenters. The second-order valence-electron chi connectivity index (χ2n) is 7.18. The van der Waals surface area contributed by atoms with Gasteiger partial charge in [0.2, 0.25) is 5.91 Å². The number of fused-ring (bicyclic) bond motifs is 1. The van der Waals surface area contributed by atoms with E-state index in [1.807, 2.05) is 41.3 Å². The molecule has 1 aliphatic rings. The van der Waals surface area contributed by atoms with Gasteiger partial charge in [0.25, 0.3) is 0 Å². The molecule has 7 nitrogen and oxygen atoms in total. The molecule has 1 saturated heterocycles. The van der Waals surface area contributed by atoms with E-state index in [0.29, 0.717) is 37.7 Å². The number of likely N-dealkylation sites (tertiary alicyclic amines) is 1. The summed E-state index contributed by atoms with van der Waals surface area (Å²) in [5.41, 5.74) is 0.845. The molecular formula is C22H26N4O3. The predicted octanol–water partition coefficient (Wildman–Crippen LogP) is 3.36. The van der Waals surface area contributed by atoms with Crippen LogP contribution in [0.1, 0.15) is 19.3 Å². The van der Waals surface area contributed by atoms with Gasteiger partial charge in [-0.3, -0.25) is 4.79 Å². The molecule has 3 heterocycles. The molecule has 0 spiro atoms. The number of carbonyl (C=O) groups is 1. The summed E-state index contributed by atoms with van der Waals surface area (Å²) in [6.45, 7) is 3.51. The summed E-state index contributed by atoms with van der Waals surface area (Å²) in [6.07, 6.45) is 4.27. The van der Waals surface area contributed by atoms with Crippen LogP contribution in [0.4, 0.5) is 5.82 Å². The van der Waals surface area contributed by atoms with Gasteiger partial charge < -0.3 is 19.0 Å². The van der Waals surface area contributed by atoms with E-state index in [0.717, 1.165) is 42.7 Å². The fourth-order valence-corrected chi connectivity index (χ4v) is 3.70. The molecule has 29 heavy (non-hydrogen) atoms. The Morgan fingerprint density at radius 2 is 1.97 bits per heavy atom. The molecule has 1 aliphatic heterocycles. The zero-order valence-electron chi connectivity index (χ0n) is 16.7. The van der Waals surface area contributed by atoms with Gasteiger partial charge in [-0.2, -0.15) is 0 Å². The first kappa shape index (κ1) is 19.4. The van der Waals surface area contributed by atoms with Crippen molar-refractivity contribution < 1.29 is 13.9 Å². The average molecular weight is 394 g/mol. The van der Waals surface area contributed by atoms with Crippen LogP contribution in [0.2, 0.25) is 0 Å². The smallest absolute Gasteiger partial charge is 0.224 e. The summed E-state index contributed by atoms with van der Waals surface area (Å²) in [5, 5.41) is 0.951. The molecule has 152 valence electrons. The zero-order chi connectivity index (χ0) is 20.1. The largest absolute Gasteiger partial charge is 0.461 e. The Hall–Kier alpha value is -2.93. The van der Waals surface area contributed by atoms with Crippen molar-refractivity contribution in [3.63, 3.8) is 0 Å². The van der Waals surface area contributed by atoms with Crippen molar-refractivity contribution in [1.29, 1.82) is 0 Å². The Morgan fingerprint density at radius 1 is 1.14 bits per heavy atom. The lowest BCUT2D eigenvalue weighted by Crippen LogP contribution is -2.35. The van der Waals surface area contributed by atoms with Gasteiger partial charge in [0, 0.05) is 45.1 Å². The Kier molecular flexibility index (Phi) is 6.05. The minimum absolute atomic E-state index is 0.203. The van der Waals surface area contributed by atoms with Gasteiger partial charge >= 0.3 is 0 Å². The summed E-state index contributed by atoms with van der Waals surface area (Å²) in [7, 11) is 1.68. The number of anilines is 1. The Labute approximate surface area is 170 Å². The first-order valence-corrected chi connectivity index (χ1v) is 10.1. The van der Waals surface area contributed by atoms with Crippen LogP contribution in [-0.4, -0.2) is 60.7 Å². The molecule has 1 aromatic carbocycles. The Morgan fingerprint density at radius 3 is 2.72 bits per heavy atom. The second-order valence-corrected chi connectivity index (χ2v) is 7.18. The fraction of sp³-hybridized carbons (Fsp3) is 0.409. The minimum atomic E-state index is 0.203. The predicted molar refractivity (Wildman–Crippen MR) is 112 cm³/mol. The third kappa shape index (κ3) is 4.40. The first-order valence-electron chi connectivity index (χ1n) is 10.1. The monoisotopic (exact) mass is 394 g/mol. The number of ether oxygens (including phenoxy) is 1. The molecule has 0 saturated carbocycles. The molecule has 0 radical (unpaired) electrons. The lowest BCUT2D eigenvalue weighted by Gasteiger charge is -2.26. The number of nitrogens with zero attached hydrogens (tertiary/aromatic N) is 4. The highest BCUT2D eigenvalue weighted by Gasteiger charge is 2.21. The van der Waals surface area contributed by atoms with Gasteiger partial charge in [-0.05, 0) is 37.1 Å². The van der Waals surface area contributed by atoms with Gasteiger partial charge in [-0.1, -0.05) is 12.1 Å². The number of carbonyl (C=O) groups excluding carboxylic acids is 1. The van der Waals surface area contributed by atoms with E-state index in [2.05, 4.69) is 9.88 Å². The summed E-state index contributed by atoms with van der Waals surface area (Å²) >= 11 is 0.